The van der Waals surface area contributed by atoms with Gasteiger partial charge in [-0.25, -0.2) is 0 Å². The van der Waals surface area contributed by atoms with Crippen molar-refractivity contribution in [3.05, 3.63) is 12.2 Å². The second-order valence-corrected chi connectivity index (χ2v) is 5.55. The molecule has 118 valence electrons. The minimum atomic E-state index is -0.687. The topological polar surface area (TPSA) is 57.5 Å². The Morgan fingerprint density at radius 3 is 2.30 bits per heavy atom. The van der Waals surface area contributed by atoms with E-state index in [-0.39, 0.29) is 6.10 Å². The van der Waals surface area contributed by atoms with Crippen LogP contribution in [0.25, 0.3) is 0 Å². The van der Waals surface area contributed by atoms with Gasteiger partial charge in [-0.3, -0.25) is 4.79 Å². The van der Waals surface area contributed by atoms with Gasteiger partial charge in [-0.15, -0.1) is 0 Å². The third-order valence-electron chi connectivity index (χ3n) is 3.47. The first-order valence-corrected chi connectivity index (χ1v) is 8.23. The number of hydrogen-bond donors (Lipinski definition) is 2. The third-order valence-corrected chi connectivity index (χ3v) is 3.47. The Labute approximate surface area is 124 Å². The maximum absolute atomic E-state index is 10.3. The van der Waals surface area contributed by atoms with Gasteiger partial charge in [0, 0.05) is 6.42 Å². The molecule has 2 N–H and O–H groups in total. The zero-order valence-electron chi connectivity index (χ0n) is 13.0. The van der Waals surface area contributed by atoms with Gasteiger partial charge in [0.2, 0.25) is 0 Å². The average Bonchev–Trinajstić information content (AvgIpc) is 2.41. The molecule has 0 amide bonds. The van der Waals surface area contributed by atoms with Crippen LogP contribution in [0.4, 0.5) is 0 Å². The lowest BCUT2D eigenvalue weighted by Gasteiger charge is -2.04. The van der Waals surface area contributed by atoms with E-state index in [9.17, 15) is 9.90 Å². The summed E-state index contributed by atoms with van der Waals surface area (Å²) in [4.78, 5) is 10.3. The molecule has 0 radical (unpaired) electrons. The zero-order valence-corrected chi connectivity index (χ0v) is 13.0. The van der Waals surface area contributed by atoms with Crippen LogP contribution in [0.15, 0.2) is 12.2 Å². The van der Waals surface area contributed by atoms with Gasteiger partial charge < -0.3 is 10.2 Å². The molecule has 0 bridgehead atoms. The lowest BCUT2D eigenvalue weighted by atomic mass is 10.1. The highest BCUT2D eigenvalue weighted by Crippen LogP contribution is 2.10. The van der Waals surface area contributed by atoms with Crippen molar-refractivity contribution >= 4 is 5.97 Å². The Morgan fingerprint density at radius 1 is 1.00 bits per heavy atom. The monoisotopic (exact) mass is 284 g/mol. The molecular weight excluding hydrogens is 252 g/mol. The van der Waals surface area contributed by atoms with E-state index in [1.807, 2.05) is 6.08 Å². The molecule has 3 nitrogen and oxygen atoms in total. The first-order chi connectivity index (χ1) is 9.66. The van der Waals surface area contributed by atoms with Crippen molar-refractivity contribution in [1.82, 2.24) is 0 Å². The SMILES string of the molecule is CCCCC[C@H](O)/C=C/CCCCCCCCC(=O)O. The summed E-state index contributed by atoms with van der Waals surface area (Å²) in [5.41, 5.74) is 0. The van der Waals surface area contributed by atoms with E-state index in [1.165, 1.54) is 25.7 Å². The summed E-state index contributed by atoms with van der Waals surface area (Å²) >= 11 is 0. The summed E-state index contributed by atoms with van der Waals surface area (Å²) < 4.78 is 0. The maximum Gasteiger partial charge on any atom is 0.303 e. The zero-order chi connectivity index (χ0) is 15.1. The number of carboxylic acid groups (broad SMARTS) is 1. The number of aliphatic carboxylic acids is 1. The molecule has 0 rings (SSSR count). The Balaban J connectivity index is 3.24. The van der Waals surface area contributed by atoms with Crippen LogP contribution in [0.2, 0.25) is 0 Å². The van der Waals surface area contributed by atoms with Gasteiger partial charge in [0.05, 0.1) is 6.10 Å². The van der Waals surface area contributed by atoms with Crippen LogP contribution in [0.1, 0.15) is 84.0 Å². The van der Waals surface area contributed by atoms with Crippen molar-refractivity contribution in [3.8, 4) is 0 Å². The van der Waals surface area contributed by atoms with Crippen molar-refractivity contribution in [2.75, 3.05) is 0 Å². The van der Waals surface area contributed by atoms with E-state index in [0.29, 0.717) is 6.42 Å². The number of carboxylic acids is 1. The molecule has 1 atom stereocenters. The van der Waals surface area contributed by atoms with Crippen molar-refractivity contribution in [2.24, 2.45) is 0 Å². The van der Waals surface area contributed by atoms with Crippen molar-refractivity contribution in [2.45, 2.75) is 90.1 Å². The second kappa shape index (κ2) is 14.6. The highest BCUT2D eigenvalue weighted by molar-refractivity contribution is 5.66. The maximum atomic E-state index is 10.3. The summed E-state index contributed by atoms with van der Waals surface area (Å²) in [7, 11) is 0. The number of hydrogen-bond acceptors (Lipinski definition) is 2. The van der Waals surface area contributed by atoms with Crippen molar-refractivity contribution in [3.63, 3.8) is 0 Å². The fourth-order valence-corrected chi connectivity index (χ4v) is 2.20. The minimum absolute atomic E-state index is 0.266. The highest BCUT2D eigenvalue weighted by atomic mass is 16.4. The molecule has 0 aromatic rings. The van der Waals surface area contributed by atoms with Gasteiger partial charge in [0.25, 0.3) is 0 Å². The predicted molar refractivity (Wildman–Crippen MR) is 83.9 cm³/mol. The van der Waals surface area contributed by atoms with E-state index in [0.717, 1.165) is 44.9 Å². The highest BCUT2D eigenvalue weighted by Gasteiger charge is 1.98. The Morgan fingerprint density at radius 2 is 1.65 bits per heavy atom. The number of rotatable bonds is 14. The lowest BCUT2D eigenvalue weighted by molar-refractivity contribution is -0.137. The molecule has 0 fully saturated rings. The molecule has 0 unspecified atom stereocenters. The Kier molecular flexibility index (Phi) is 14.0. The standard InChI is InChI=1S/C17H32O3/c1-2-3-10-13-16(18)14-11-8-6-4-5-7-9-12-15-17(19)20/h11,14,16,18H,2-10,12-13,15H2,1H3,(H,19,20)/b14-11+/t16-/m0/s1. The first kappa shape index (κ1) is 19.2. The largest absolute Gasteiger partial charge is 0.481 e. The summed E-state index contributed by atoms with van der Waals surface area (Å²) in [6.45, 7) is 2.17. The van der Waals surface area contributed by atoms with Crippen LogP contribution in [-0.4, -0.2) is 22.3 Å². The number of aliphatic hydroxyl groups excluding tert-OH is 1. The van der Waals surface area contributed by atoms with Gasteiger partial charge >= 0.3 is 5.97 Å². The van der Waals surface area contributed by atoms with Gasteiger partial charge in [-0.05, 0) is 25.7 Å². The summed E-state index contributed by atoms with van der Waals surface area (Å²) in [6.07, 6.45) is 16.0. The molecule has 0 saturated carbocycles. The van der Waals surface area contributed by atoms with Crippen LogP contribution >= 0.6 is 0 Å². The Hall–Kier alpha value is -0.830. The predicted octanol–water partition coefficient (Wildman–Crippen LogP) is 4.69. The fraction of sp³-hybridized carbons (Fsp3) is 0.824. The van der Waals surface area contributed by atoms with Crippen molar-refractivity contribution < 1.29 is 15.0 Å². The van der Waals surface area contributed by atoms with Crippen molar-refractivity contribution in [1.29, 1.82) is 0 Å². The van der Waals surface area contributed by atoms with E-state index < -0.39 is 5.97 Å². The normalized spacial score (nSPS) is 12.9. The molecule has 0 aromatic heterocycles. The van der Waals surface area contributed by atoms with Crippen LogP contribution in [0, 0.1) is 0 Å². The number of unbranched alkanes of at least 4 members (excludes halogenated alkanes) is 8. The second-order valence-electron chi connectivity index (χ2n) is 5.55. The van der Waals surface area contributed by atoms with Gasteiger partial charge in [0.1, 0.15) is 0 Å². The smallest absolute Gasteiger partial charge is 0.303 e. The average molecular weight is 284 g/mol. The molecule has 0 spiro atoms. The molecular formula is C17H32O3. The van der Waals surface area contributed by atoms with Crippen LogP contribution in [0.5, 0.6) is 0 Å². The van der Waals surface area contributed by atoms with E-state index in [1.54, 1.807) is 0 Å². The van der Waals surface area contributed by atoms with E-state index in [4.69, 9.17) is 5.11 Å². The summed E-state index contributed by atoms with van der Waals surface area (Å²) in [5.74, 6) is -0.687. The number of carbonyl (C=O) groups is 1. The first-order valence-electron chi connectivity index (χ1n) is 8.23. The van der Waals surface area contributed by atoms with Crippen LogP contribution in [0.3, 0.4) is 0 Å². The number of allylic oxidation sites excluding steroid dienone is 1. The summed E-state index contributed by atoms with van der Waals surface area (Å²) in [6, 6.07) is 0. The number of aliphatic hydroxyl groups is 1. The third kappa shape index (κ3) is 15.2. The van der Waals surface area contributed by atoms with Gasteiger partial charge in [-0.2, -0.15) is 0 Å². The minimum Gasteiger partial charge on any atom is -0.481 e. The Bertz CT molecular complexity index is 249. The summed E-state index contributed by atoms with van der Waals surface area (Å²) in [5, 5.41) is 18.2. The van der Waals surface area contributed by atoms with E-state index >= 15 is 0 Å². The van der Waals surface area contributed by atoms with Crippen LogP contribution < -0.4 is 0 Å². The molecule has 0 aromatic carbocycles. The molecule has 0 heterocycles. The van der Waals surface area contributed by atoms with Gasteiger partial charge in [-0.1, -0.05) is 64.0 Å². The molecule has 0 saturated heterocycles. The van der Waals surface area contributed by atoms with E-state index in [2.05, 4.69) is 13.0 Å². The molecule has 0 aliphatic heterocycles. The molecule has 20 heavy (non-hydrogen) atoms. The molecule has 3 heteroatoms. The molecule has 0 aliphatic rings. The fourth-order valence-electron chi connectivity index (χ4n) is 2.20. The van der Waals surface area contributed by atoms with Gasteiger partial charge in [0.15, 0.2) is 0 Å². The quantitative estimate of drug-likeness (QED) is 0.359. The lowest BCUT2D eigenvalue weighted by Crippen LogP contribution is -2.01. The van der Waals surface area contributed by atoms with Crippen LogP contribution in [-0.2, 0) is 4.79 Å². The molecule has 0 aliphatic carbocycles.